The number of hydrogen-bond acceptors (Lipinski definition) is 3. The number of sulfonamides is 1. The van der Waals surface area contributed by atoms with Crippen LogP contribution in [-0.2, 0) is 16.6 Å². The normalized spacial score (nSPS) is 11.5. The molecule has 1 N–H and O–H groups in total. The van der Waals surface area contributed by atoms with E-state index in [1.165, 1.54) is 16.4 Å². The molecule has 0 unspecified atom stereocenters. The van der Waals surface area contributed by atoms with Crippen LogP contribution in [0.2, 0.25) is 0 Å². The highest BCUT2D eigenvalue weighted by Crippen LogP contribution is 2.09. The van der Waals surface area contributed by atoms with E-state index in [9.17, 15) is 17.6 Å². The van der Waals surface area contributed by atoms with Crippen LogP contribution in [0.5, 0.6) is 0 Å². The number of carbonyl (C=O) groups excluding carboxylic acids is 1. The van der Waals surface area contributed by atoms with E-state index >= 15 is 0 Å². The van der Waals surface area contributed by atoms with Crippen molar-refractivity contribution in [3.8, 4) is 0 Å². The van der Waals surface area contributed by atoms with Crippen molar-refractivity contribution < 1.29 is 17.6 Å². The zero-order valence-corrected chi connectivity index (χ0v) is 15.0. The van der Waals surface area contributed by atoms with E-state index in [0.717, 1.165) is 11.8 Å². The molecule has 0 saturated carbocycles. The van der Waals surface area contributed by atoms with Gasteiger partial charge in [0, 0.05) is 25.2 Å². The summed E-state index contributed by atoms with van der Waals surface area (Å²) in [6.45, 7) is 2.37. The monoisotopic (exact) mass is 364 g/mol. The third kappa shape index (κ3) is 5.95. The molecule has 2 aromatic carbocycles. The number of benzene rings is 2. The summed E-state index contributed by atoms with van der Waals surface area (Å²) in [5.41, 5.74) is 2.26. The fraction of sp³-hybridized carbons (Fsp3) is 0.278. The second-order valence-electron chi connectivity index (χ2n) is 5.84. The Labute approximate surface area is 147 Å². The highest BCUT2D eigenvalue weighted by Gasteiger charge is 2.17. The van der Waals surface area contributed by atoms with Gasteiger partial charge < -0.3 is 5.32 Å². The molecule has 0 saturated heterocycles. The van der Waals surface area contributed by atoms with Crippen molar-refractivity contribution in [2.24, 2.45) is 0 Å². The zero-order valence-electron chi connectivity index (χ0n) is 14.2. The topological polar surface area (TPSA) is 66.5 Å². The van der Waals surface area contributed by atoms with E-state index < -0.39 is 10.0 Å². The molecule has 0 spiro atoms. The van der Waals surface area contributed by atoms with Crippen molar-refractivity contribution >= 4 is 15.9 Å². The van der Waals surface area contributed by atoms with Gasteiger partial charge in [-0.05, 0) is 36.8 Å². The standard InChI is InChI=1S/C18H21FN2O3S/c1-14-3-7-16(8-4-14)18(22)20-11-12-21(25(2,23)24)13-15-5-9-17(19)10-6-15/h3-10H,11-13H2,1-2H3,(H,20,22). The lowest BCUT2D eigenvalue weighted by molar-refractivity contribution is 0.0951. The summed E-state index contributed by atoms with van der Waals surface area (Å²) >= 11 is 0. The molecule has 1 amide bonds. The Morgan fingerprint density at radius 3 is 2.24 bits per heavy atom. The van der Waals surface area contributed by atoms with Gasteiger partial charge in [-0.15, -0.1) is 0 Å². The lowest BCUT2D eigenvalue weighted by Crippen LogP contribution is -2.37. The molecule has 0 fully saturated rings. The third-order valence-corrected chi connectivity index (χ3v) is 4.95. The molecule has 0 bridgehead atoms. The van der Waals surface area contributed by atoms with E-state index in [4.69, 9.17) is 0 Å². The smallest absolute Gasteiger partial charge is 0.251 e. The number of hydrogen-bond donors (Lipinski definition) is 1. The molecule has 0 aliphatic heterocycles. The average Bonchev–Trinajstić information content (AvgIpc) is 2.55. The van der Waals surface area contributed by atoms with Crippen LogP contribution in [0, 0.1) is 12.7 Å². The van der Waals surface area contributed by atoms with Crippen molar-refractivity contribution in [2.45, 2.75) is 13.5 Å². The van der Waals surface area contributed by atoms with Crippen molar-refractivity contribution in [3.63, 3.8) is 0 Å². The zero-order chi connectivity index (χ0) is 18.4. The Morgan fingerprint density at radius 2 is 1.68 bits per heavy atom. The minimum absolute atomic E-state index is 0.125. The van der Waals surface area contributed by atoms with Gasteiger partial charge in [0.15, 0.2) is 0 Å². The van der Waals surface area contributed by atoms with Crippen LogP contribution in [0.3, 0.4) is 0 Å². The molecule has 2 rings (SSSR count). The van der Waals surface area contributed by atoms with Crippen molar-refractivity contribution in [2.75, 3.05) is 19.3 Å². The first kappa shape index (κ1) is 19.1. The van der Waals surface area contributed by atoms with Crippen molar-refractivity contribution in [1.29, 1.82) is 0 Å². The number of nitrogens with one attached hydrogen (secondary N) is 1. The first-order valence-corrected chi connectivity index (χ1v) is 9.65. The van der Waals surface area contributed by atoms with Gasteiger partial charge in [0.2, 0.25) is 10.0 Å². The van der Waals surface area contributed by atoms with Gasteiger partial charge in [-0.1, -0.05) is 29.8 Å². The lowest BCUT2D eigenvalue weighted by Gasteiger charge is -2.20. The van der Waals surface area contributed by atoms with Crippen molar-refractivity contribution in [1.82, 2.24) is 9.62 Å². The maximum Gasteiger partial charge on any atom is 0.251 e. The van der Waals surface area contributed by atoms with E-state index in [2.05, 4.69) is 5.32 Å². The first-order chi connectivity index (χ1) is 11.8. The molecule has 0 aliphatic rings. The molecular formula is C18H21FN2O3S. The fourth-order valence-corrected chi connectivity index (χ4v) is 3.06. The van der Waals surface area contributed by atoms with Gasteiger partial charge in [0.05, 0.1) is 6.26 Å². The average molecular weight is 364 g/mol. The van der Waals surface area contributed by atoms with E-state index in [0.29, 0.717) is 11.1 Å². The highest BCUT2D eigenvalue weighted by molar-refractivity contribution is 7.88. The minimum atomic E-state index is -3.45. The molecule has 2 aromatic rings. The highest BCUT2D eigenvalue weighted by atomic mass is 32.2. The Morgan fingerprint density at radius 1 is 1.08 bits per heavy atom. The van der Waals surface area contributed by atoms with Crippen LogP contribution in [0.15, 0.2) is 48.5 Å². The Kier molecular flexibility index (Phi) is 6.27. The van der Waals surface area contributed by atoms with Gasteiger partial charge >= 0.3 is 0 Å². The molecule has 134 valence electrons. The fourth-order valence-electron chi connectivity index (χ4n) is 2.26. The predicted octanol–water partition coefficient (Wildman–Crippen LogP) is 2.33. The molecule has 25 heavy (non-hydrogen) atoms. The largest absolute Gasteiger partial charge is 0.351 e. The van der Waals surface area contributed by atoms with Gasteiger partial charge in [0.25, 0.3) is 5.91 Å². The molecular weight excluding hydrogens is 343 g/mol. The maximum atomic E-state index is 13.0. The Hall–Kier alpha value is -2.25. The van der Waals surface area contributed by atoms with Gasteiger partial charge in [0.1, 0.15) is 5.82 Å². The molecule has 7 heteroatoms. The predicted molar refractivity (Wildman–Crippen MR) is 95.2 cm³/mol. The first-order valence-electron chi connectivity index (χ1n) is 7.80. The maximum absolute atomic E-state index is 13.0. The summed E-state index contributed by atoms with van der Waals surface area (Å²) in [5.74, 6) is -0.629. The number of halogens is 1. The molecule has 0 radical (unpaired) electrons. The number of rotatable bonds is 7. The van der Waals surface area contributed by atoms with Crippen LogP contribution >= 0.6 is 0 Å². The quantitative estimate of drug-likeness (QED) is 0.820. The molecule has 0 atom stereocenters. The second-order valence-corrected chi connectivity index (χ2v) is 7.83. The van der Waals surface area contributed by atoms with Crippen LogP contribution in [0.4, 0.5) is 4.39 Å². The van der Waals surface area contributed by atoms with Crippen molar-refractivity contribution in [3.05, 3.63) is 71.0 Å². The van der Waals surface area contributed by atoms with Gasteiger partial charge in [-0.25, -0.2) is 12.8 Å². The van der Waals surface area contributed by atoms with Crippen LogP contribution in [0.1, 0.15) is 21.5 Å². The minimum Gasteiger partial charge on any atom is -0.351 e. The SMILES string of the molecule is Cc1ccc(C(=O)NCCN(Cc2ccc(F)cc2)S(C)(=O)=O)cc1. The Balaban J connectivity index is 1.95. The lowest BCUT2D eigenvalue weighted by atomic mass is 10.1. The van der Waals surface area contributed by atoms with Gasteiger partial charge in [-0.3, -0.25) is 4.79 Å². The molecule has 0 heterocycles. The summed E-state index contributed by atoms with van der Waals surface area (Å²) in [4.78, 5) is 12.1. The van der Waals surface area contributed by atoms with E-state index in [1.54, 1.807) is 24.3 Å². The number of amides is 1. The summed E-state index contributed by atoms with van der Waals surface area (Å²) < 4.78 is 38.1. The van der Waals surface area contributed by atoms with Crippen LogP contribution in [0.25, 0.3) is 0 Å². The van der Waals surface area contributed by atoms with Gasteiger partial charge in [-0.2, -0.15) is 4.31 Å². The molecule has 5 nitrogen and oxygen atoms in total. The van der Waals surface area contributed by atoms with E-state index in [-0.39, 0.29) is 31.4 Å². The molecule has 0 aliphatic carbocycles. The summed E-state index contributed by atoms with van der Waals surface area (Å²) in [6, 6.07) is 12.8. The third-order valence-electron chi connectivity index (χ3n) is 3.70. The number of carbonyl (C=O) groups is 1. The number of nitrogens with zero attached hydrogens (tertiary/aromatic N) is 1. The number of aryl methyl sites for hydroxylation is 1. The van der Waals surface area contributed by atoms with E-state index in [1.807, 2.05) is 19.1 Å². The second kappa shape index (κ2) is 8.22. The summed E-state index contributed by atoms with van der Waals surface area (Å²) in [6.07, 6.45) is 1.11. The summed E-state index contributed by atoms with van der Waals surface area (Å²) in [7, 11) is -3.45. The van der Waals surface area contributed by atoms with Crippen LogP contribution < -0.4 is 5.32 Å². The van der Waals surface area contributed by atoms with Crippen LogP contribution in [-0.4, -0.2) is 38.0 Å². The molecule has 0 aromatic heterocycles. The Bertz CT molecular complexity index is 818. The summed E-state index contributed by atoms with van der Waals surface area (Å²) in [5, 5.41) is 2.71.